The average molecular weight is 426 g/mol. The Hall–Kier alpha value is -2.08. The minimum absolute atomic E-state index is 0.0215. The van der Waals surface area contributed by atoms with E-state index in [1.165, 1.54) is 20.7 Å². The van der Waals surface area contributed by atoms with Crippen molar-refractivity contribution in [2.75, 3.05) is 39.3 Å². The quantitative estimate of drug-likeness (QED) is 0.504. The highest BCUT2D eigenvalue weighted by Crippen LogP contribution is 2.19. The smallest absolute Gasteiger partial charge is 0.282 e. The van der Waals surface area contributed by atoms with E-state index in [-0.39, 0.29) is 43.3 Å². The number of morpholine rings is 1. The van der Waals surface area contributed by atoms with Gasteiger partial charge in [-0.05, 0) is 19.4 Å². The molecule has 29 heavy (non-hydrogen) atoms. The highest BCUT2D eigenvalue weighted by Gasteiger charge is 2.37. The predicted molar refractivity (Wildman–Crippen MR) is 105 cm³/mol. The SMILES string of the molecule is CC1CN(S(=O)(=O)N2CCN(C(=O)Cc3ccc([N+](=O)[O-])cc3)CC2)CC(C)O1. The molecule has 2 aliphatic heterocycles. The normalized spacial score (nSPS) is 24.4. The van der Waals surface area contributed by atoms with E-state index in [1.54, 1.807) is 17.0 Å². The zero-order chi connectivity index (χ0) is 21.2. The second-order valence-corrected chi connectivity index (χ2v) is 9.39. The van der Waals surface area contributed by atoms with Crippen LogP contribution in [0.25, 0.3) is 0 Å². The van der Waals surface area contributed by atoms with Crippen molar-refractivity contribution in [1.29, 1.82) is 0 Å². The van der Waals surface area contributed by atoms with Crippen LogP contribution in [0.2, 0.25) is 0 Å². The van der Waals surface area contributed by atoms with Gasteiger partial charge in [-0.25, -0.2) is 0 Å². The van der Waals surface area contributed by atoms with Crippen LogP contribution in [0.1, 0.15) is 19.4 Å². The Kier molecular flexibility index (Phi) is 6.52. The summed E-state index contributed by atoms with van der Waals surface area (Å²) >= 11 is 0. The molecular formula is C18H26N4O6S. The Morgan fingerprint density at radius 1 is 1.07 bits per heavy atom. The number of nitro benzene ring substituents is 1. The maximum atomic E-state index is 12.9. The Morgan fingerprint density at radius 3 is 2.14 bits per heavy atom. The number of non-ortho nitro benzene ring substituents is 1. The molecule has 2 saturated heterocycles. The first-order valence-electron chi connectivity index (χ1n) is 9.58. The van der Waals surface area contributed by atoms with Crippen LogP contribution in [0.3, 0.4) is 0 Å². The van der Waals surface area contributed by atoms with Gasteiger partial charge in [0.25, 0.3) is 15.9 Å². The molecule has 1 amide bonds. The summed E-state index contributed by atoms with van der Waals surface area (Å²) in [6.07, 6.45) is -0.181. The number of ether oxygens (including phenoxy) is 1. The monoisotopic (exact) mass is 426 g/mol. The molecule has 3 rings (SSSR count). The number of nitro groups is 1. The van der Waals surface area contributed by atoms with Crippen LogP contribution in [0, 0.1) is 10.1 Å². The second-order valence-electron chi connectivity index (χ2n) is 7.46. The molecule has 1 aromatic rings. The molecular weight excluding hydrogens is 400 g/mol. The summed E-state index contributed by atoms with van der Waals surface area (Å²) < 4.78 is 34.3. The zero-order valence-corrected chi connectivity index (χ0v) is 17.4. The van der Waals surface area contributed by atoms with Crippen molar-refractivity contribution >= 4 is 21.8 Å². The first-order chi connectivity index (χ1) is 13.7. The van der Waals surface area contributed by atoms with Crippen molar-refractivity contribution in [3.63, 3.8) is 0 Å². The van der Waals surface area contributed by atoms with E-state index in [9.17, 15) is 23.3 Å². The number of nitrogens with zero attached hydrogens (tertiary/aromatic N) is 4. The standard InChI is InChI=1S/C18H26N4O6S/c1-14-12-21(13-15(2)28-14)29(26,27)20-9-7-19(8-10-20)18(23)11-16-3-5-17(6-4-16)22(24)25/h3-6,14-15H,7-13H2,1-2H3. The van der Waals surface area contributed by atoms with E-state index in [2.05, 4.69) is 0 Å². The molecule has 160 valence electrons. The number of rotatable bonds is 5. The predicted octanol–water partition coefficient (Wildman–Crippen LogP) is 0.636. The molecule has 0 aliphatic carbocycles. The largest absolute Gasteiger partial charge is 0.373 e. The fraction of sp³-hybridized carbons (Fsp3) is 0.611. The molecule has 2 heterocycles. The van der Waals surface area contributed by atoms with Gasteiger partial charge in [-0.2, -0.15) is 17.0 Å². The van der Waals surface area contributed by atoms with Crippen molar-refractivity contribution in [2.24, 2.45) is 0 Å². The topological polar surface area (TPSA) is 113 Å². The number of hydrogen-bond acceptors (Lipinski definition) is 6. The van der Waals surface area contributed by atoms with Crippen LogP contribution < -0.4 is 0 Å². The number of carbonyl (C=O) groups excluding carboxylic acids is 1. The molecule has 0 aromatic heterocycles. The fourth-order valence-electron chi connectivity index (χ4n) is 3.67. The minimum Gasteiger partial charge on any atom is -0.373 e. The van der Waals surface area contributed by atoms with Crippen LogP contribution in [-0.2, 0) is 26.2 Å². The van der Waals surface area contributed by atoms with Gasteiger partial charge in [0, 0.05) is 51.4 Å². The summed E-state index contributed by atoms with van der Waals surface area (Å²) in [7, 11) is -3.59. The molecule has 2 atom stereocenters. The first-order valence-corrected chi connectivity index (χ1v) is 11.0. The van der Waals surface area contributed by atoms with E-state index in [0.717, 1.165) is 0 Å². The molecule has 0 bridgehead atoms. The third-order valence-electron chi connectivity index (χ3n) is 5.13. The van der Waals surface area contributed by atoms with Gasteiger partial charge in [0.2, 0.25) is 5.91 Å². The van der Waals surface area contributed by atoms with Crippen LogP contribution in [-0.4, -0.2) is 84.2 Å². The summed E-state index contributed by atoms with van der Waals surface area (Å²) in [4.78, 5) is 24.4. The van der Waals surface area contributed by atoms with E-state index >= 15 is 0 Å². The highest BCUT2D eigenvalue weighted by molar-refractivity contribution is 7.86. The van der Waals surface area contributed by atoms with Crippen molar-refractivity contribution in [1.82, 2.24) is 13.5 Å². The third-order valence-corrected chi connectivity index (χ3v) is 7.10. The number of hydrogen-bond donors (Lipinski definition) is 0. The summed E-state index contributed by atoms with van der Waals surface area (Å²) in [6.45, 7) is 5.49. The van der Waals surface area contributed by atoms with Gasteiger partial charge < -0.3 is 9.64 Å². The van der Waals surface area contributed by atoms with Crippen molar-refractivity contribution in [3.05, 3.63) is 39.9 Å². The van der Waals surface area contributed by atoms with Gasteiger partial charge in [0.05, 0.1) is 23.6 Å². The molecule has 11 heteroatoms. The zero-order valence-electron chi connectivity index (χ0n) is 16.6. The number of piperazine rings is 1. The number of carbonyl (C=O) groups is 1. The van der Waals surface area contributed by atoms with Gasteiger partial charge in [-0.15, -0.1) is 0 Å². The minimum atomic E-state index is -3.59. The van der Waals surface area contributed by atoms with Gasteiger partial charge in [0.1, 0.15) is 0 Å². The van der Waals surface area contributed by atoms with Crippen LogP contribution >= 0.6 is 0 Å². The molecule has 2 unspecified atom stereocenters. The Balaban J connectivity index is 1.55. The highest BCUT2D eigenvalue weighted by atomic mass is 32.2. The number of benzene rings is 1. The van der Waals surface area contributed by atoms with Gasteiger partial charge in [-0.3, -0.25) is 14.9 Å². The van der Waals surface area contributed by atoms with Crippen molar-refractivity contribution in [2.45, 2.75) is 32.5 Å². The van der Waals surface area contributed by atoms with Crippen molar-refractivity contribution < 1.29 is 22.9 Å². The Bertz CT molecular complexity index is 842. The molecule has 0 N–H and O–H groups in total. The van der Waals surface area contributed by atoms with Crippen LogP contribution in [0.5, 0.6) is 0 Å². The molecule has 10 nitrogen and oxygen atoms in total. The third kappa shape index (κ3) is 5.10. The van der Waals surface area contributed by atoms with E-state index in [4.69, 9.17) is 4.74 Å². The second kappa shape index (κ2) is 8.74. The lowest BCUT2D eigenvalue weighted by molar-refractivity contribution is -0.384. The summed E-state index contributed by atoms with van der Waals surface area (Å²) in [5.41, 5.74) is 0.665. The van der Waals surface area contributed by atoms with Gasteiger partial charge in [0.15, 0.2) is 0 Å². The fourth-order valence-corrected chi connectivity index (χ4v) is 5.42. The Morgan fingerprint density at radius 2 is 1.62 bits per heavy atom. The molecule has 2 fully saturated rings. The molecule has 1 aromatic carbocycles. The van der Waals surface area contributed by atoms with Crippen LogP contribution in [0.4, 0.5) is 5.69 Å². The molecule has 2 aliphatic rings. The average Bonchev–Trinajstić information content (AvgIpc) is 2.67. The number of amides is 1. The lowest BCUT2D eigenvalue weighted by Gasteiger charge is -2.40. The molecule has 0 radical (unpaired) electrons. The lowest BCUT2D eigenvalue weighted by atomic mass is 10.1. The Labute approximate surface area is 170 Å². The van der Waals surface area contributed by atoms with E-state index in [0.29, 0.717) is 31.7 Å². The molecule has 0 saturated carbocycles. The van der Waals surface area contributed by atoms with E-state index < -0.39 is 15.1 Å². The van der Waals surface area contributed by atoms with Crippen molar-refractivity contribution in [3.8, 4) is 0 Å². The lowest BCUT2D eigenvalue weighted by Crippen LogP contribution is -2.57. The maximum Gasteiger partial charge on any atom is 0.282 e. The van der Waals surface area contributed by atoms with Gasteiger partial charge >= 0.3 is 0 Å². The summed E-state index contributed by atoms with van der Waals surface area (Å²) in [5.74, 6) is -0.121. The summed E-state index contributed by atoms with van der Waals surface area (Å²) in [5, 5.41) is 10.7. The molecule has 0 spiro atoms. The van der Waals surface area contributed by atoms with E-state index in [1.807, 2.05) is 13.8 Å². The first kappa shape index (κ1) is 21.6. The van der Waals surface area contributed by atoms with Gasteiger partial charge in [-0.1, -0.05) is 12.1 Å². The maximum absolute atomic E-state index is 12.9. The van der Waals surface area contributed by atoms with Crippen LogP contribution in [0.15, 0.2) is 24.3 Å². The summed E-state index contributed by atoms with van der Waals surface area (Å²) in [6, 6.07) is 5.88.